The first-order chi connectivity index (χ1) is 8.52. The molecule has 0 saturated carbocycles. The van der Waals surface area contributed by atoms with Gasteiger partial charge in [-0.05, 0) is 36.4 Å². The van der Waals surface area contributed by atoms with E-state index >= 15 is 0 Å². The van der Waals surface area contributed by atoms with Crippen molar-refractivity contribution in [3.8, 4) is 5.75 Å². The Morgan fingerprint density at radius 3 is 2.17 bits per heavy atom. The van der Waals surface area contributed by atoms with Gasteiger partial charge in [-0.15, -0.1) is 11.8 Å². The van der Waals surface area contributed by atoms with Crippen molar-refractivity contribution in [1.82, 2.24) is 5.32 Å². The highest BCUT2D eigenvalue weighted by Crippen LogP contribution is 2.21. The molecule has 2 nitrogen and oxygen atoms in total. The summed E-state index contributed by atoms with van der Waals surface area (Å²) >= 11 is 1.75. The van der Waals surface area contributed by atoms with Crippen molar-refractivity contribution in [1.29, 1.82) is 0 Å². The zero-order valence-electron chi connectivity index (χ0n) is 12.1. The summed E-state index contributed by atoms with van der Waals surface area (Å²) in [7, 11) is 0. The summed E-state index contributed by atoms with van der Waals surface area (Å²) in [6.45, 7) is 9.60. The molecule has 1 unspecified atom stereocenters. The zero-order valence-corrected chi connectivity index (χ0v) is 12.9. The van der Waals surface area contributed by atoms with Crippen LogP contribution >= 0.6 is 11.8 Å². The van der Waals surface area contributed by atoms with Crippen LogP contribution in [0.3, 0.4) is 0 Å². The molecule has 0 aromatic heterocycles. The molecule has 0 bridgehead atoms. The molecule has 1 rings (SSSR count). The van der Waals surface area contributed by atoms with Crippen molar-refractivity contribution in [2.75, 3.05) is 12.8 Å². The van der Waals surface area contributed by atoms with Crippen molar-refractivity contribution in [3.63, 3.8) is 0 Å². The van der Waals surface area contributed by atoms with Gasteiger partial charge < -0.3 is 10.1 Å². The van der Waals surface area contributed by atoms with E-state index < -0.39 is 0 Å². The molecular weight excluding hydrogens is 242 g/mol. The zero-order chi connectivity index (χ0) is 13.5. The maximum Gasteiger partial charge on any atom is 0.119 e. The van der Waals surface area contributed by atoms with E-state index in [1.807, 2.05) is 0 Å². The van der Waals surface area contributed by atoms with Crippen molar-refractivity contribution in [2.45, 2.75) is 44.7 Å². The number of benzene rings is 1. The van der Waals surface area contributed by atoms with E-state index in [-0.39, 0.29) is 6.10 Å². The van der Waals surface area contributed by atoms with E-state index in [0.29, 0.717) is 12.0 Å². The third-order valence-corrected chi connectivity index (χ3v) is 3.56. The highest BCUT2D eigenvalue weighted by atomic mass is 32.2. The lowest BCUT2D eigenvalue weighted by atomic mass is 10.1. The highest BCUT2D eigenvalue weighted by Gasteiger charge is 2.15. The molecule has 102 valence electrons. The van der Waals surface area contributed by atoms with Crippen LogP contribution in [0.25, 0.3) is 0 Å². The first-order valence-corrected chi connectivity index (χ1v) is 7.79. The predicted molar refractivity (Wildman–Crippen MR) is 80.6 cm³/mol. The molecule has 0 heterocycles. The quantitative estimate of drug-likeness (QED) is 0.759. The van der Waals surface area contributed by atoms with Crippen molar-refractivity contribution in [3.05, 3.63) is 24.3 Å². The summed E-state index contributed by atoms with van der Waals surface area (Å²) < 4.78 is 6.05. The first-order valence-electron chi connectivity index (χ1n) is 6.57. The fourth-order valence-corrected chi connectivity index (χ4v) is 2.00. The predicted octanol–water partition coefficient (Wildman–Crippen LogP) is 3.81. The van der Waals surface area contributed by atoms with Gasteiger partial charge in [0, 0.05) is 17.5 Å². The molecule has 1 atom stereocenters. The first kappa shape index (κ1) is 15.4. The van der Waals surface area contributed by atoms with Crippen molar-refractivity contribution >= 4 is 11.8 Å². The van der Waals surface area contributed by atoms with Crippen LogP contribution in [0, 0.1) is 5.92 Å². The third kappa shape index (κ3) is 5.32. The Hall–Kier alpha value is -0.670. The lowest BCUT2D eigenvalue weighted by molar-refractivity contribution is 0.146. The van der Waals surface area contributed by atoms with Gasteiger partial charge in [0.05, 0.1) is 0 Å². The van der Waals surface area contributed by atoms with Crippen LogP contribution < -0.4 is 10.1 Å². The van der Waals surface area contributed by atoms with Gasteiger partial charge in [0.25, 0.3) is 0 Å². The standard InChI is InChI=1S/C15H25NOS/c1-11(2)15(10-16-12(3)4)17-13-6-8-14(18-5)9-7-13/h6-9,11-12,15-16H,10H2,1-5H3. The van der Waals surface area contributed by atoms with Crippen LogP contribution in [0.15, 0.2) is 29.2 Å². The Kier molecular flexibility index (Phi) is 6.58. The Morgan fingerprint density at radius 2 is 1.72 bits per heavy atom. The largest absolute Gasteiger partial charge is 0.489 e. The van der Waals surface area contributed by atoms with Gasteiger partial charge in [-0.2, -0.15) is 0 Å². The maximum atomic E-state index is 6.05. The molecule has 3 heteroatoms. The number of nitrogens with one attached hydrogen (secondary N) is 1. The molecule has 1 aromatic rings. The second-order valence-electron chi connectivity index (χ2n) is 5.14. The molecule has 1 aromatic carbocycles. The Bertz CT molecular complexity index is 335. The van der Waals surface area contributed by atoms with Crippen LogP contribution in [0.4, 0.5) is 0 Å². The van der Waals surface area contributed by atoms with Crippen LogP contribution in [0.1, 0.15) is 27.7 Å². The Labute approximate surface area is 116 Å². The molecule has 18 heavy (non-hydrogen) atoms. The second kappa shape index (κ2) is 7.70. The fourth-order valence-electron chi connectivity index (χ4n) is 1.59. The average molecular weight is 267 g/mol. The molecule has 0 amide bonds. The minimum Gasteiger partial charge on any atom is -0.489 e. The van der Waals surface area contributed by atoms with Crippen LogP contribution in [-0.2, 0) is 0 Å². The van der Waals surface area contributed by atoms with Crippen LogP contribution in [0.5, 0.6) is 5.75 Å². The number of hydrogen-bond acceptors (Lipinski definition) is 3. The number of ether oxygens (including phenoxy) is 1. The highest BCUT2D eigenvalue weighted by molar-refractivity contribution is 7.98. The number of hydrogen-bond donors (Lipinski definition) is 1. The van der Waals surface area contributed by atoms with Gasteiger partial charge >= 0.3 is 0 Å². The Balaban J connectivity index is 2.58. The van der Waals surface area contributed by atoms with Crippen molar-refractivity contribution < 1.29 is 4.74 Å². The molecule has 0 fully saturated rings. The summed E-state index contributed by atoms with van der Waals surface area (Å²) in [6, 6.07) is 8.81. The fraction of sp³-hybridized carbons (Fsp3) is 0.600. The van der Waals surface area contributed by atoms with Gasteiger partial charge in [0.15, 0.2) is 0 Å². The number of thioether (sulfide) groups is 1. The van der Waals surface area contributed by atoms with Gasteiger partial charge in [-0.1, -0.05) is 27.7 Å². The van der Waals surface area contributed by atoms with Crippen LogP contribution in [-0.4, -0.2) is 24.9 Å². The monoisotopic (exact) mass is 267 g/mol. The summed E-state index contributed by atoms with van der Waals surface area (Å²) in [6.07, 6.45) is 2.30. The second-order valence-corrected chi connectivity index (χ2v) is 6.02. The molecule has 0 saturated heterocycles. The lowest BCUT2D eigenvalue weighted by Gasteiger charge is -2.24. The minimum atomic E-state index is 0.215. The van der Waals surface area contributed by atoms with Gasteiger partial charge in [0.1, 0.15) is 11.9 Å². The van der Waals surface area contributed by atoms with Gasteiger partial charge in [-0.3, -0.25) is 0 Å². The van der Waals surface area contributed by atoms with E-state index in [1.165, 1.54) is 4.90 Å². The average Bonchev–Trinajstić information content (AvgIpc) is 2.34. The summed E-state index contributed by atoms with van der Waals surface area (Å²) in [5.41, 5.74) is 0. The molecule has 1 N–H and O–H groups in total. The molecular formula is C15H25NOS. The smallest absolute Gasteiger partial charge is 0.119 e. The van der Waals surface area contributed by atoms with E-state index in [4.69, 9.17) is 4.74 Å². The maximum absolute atomic E-state index is 6.05. The lowest BCUT2D eigenvalue weighted by Crippen LogP contribution is -2.38. The Morgan fingerprint density at radius 1 is 1.11 bits per heavy atom. The molecule has 0 aliphatic heterocycles. The molecule has 0 spiro atoms. The van der Waals surface area contributed by atoms with Gasteiger partial charge in [0.2, 0.25) is 0 Å². The number of rotatable bonds is 7. The van der Waals surface area contributed by atoms with Gasteiger partial charge in [-0.25, -0.2) is 0 Å². The normalized spacial score (nSPS) is 13.1. The molecule has 0 aliphatic rings. The SMILES string of the molecule is CSc1ccc(OC(CNC(C)C)C(C)C)cc1. The minimum absolute atomic E-state index is 0.215. The molecule has 0 aliphatic carbocycles. The molecule has 0 radical (unpaired) electrons. The van der Waals surface area contributed by atoms with E-state index in [1.54, 1.807) is 11.8 Å². The van der Waals surface area contributed by atoms with Crippen LogP contribution in [0.2, 0.25) is 0 Å². The van der Waals surface area contributed by atoms with Crippen molar-refractivity contribution in [2.24, 2.45) is 5.92 Å². The van der Waals surface area contributed by atoms with E-state index in [9.17, 15) is 0 Å². The summed E-state index contributed by atoms with van der Waals surface area (Å²) in [5.74, 6) is 1.45. The summed E-state index contributed by atoms with van der Waals surface area (Å²) in [4.78, 5) is 1.27. The van der Waals surface area contributed by atoms with E-state index in [0.717, 1.165) is 12.3 Å². The topological polar surface area (TPSA) is 21.3 Å². The summed E-state index contributed by atoms with van der Waals surface area (Å²) in [5, 5.41) is 3.44. The third-order valence-electron chi connectivity index (χ3n) is 2.82. The van der Waals surface area contributed by atoms with E-state index in [2.05, 4.69) is 63.5 Å².